The van der Waals surface area contributed by atoms with Gasteiger partial charge in [0.2, 0.25) is 0 Å². The summed E-state index contributed by atoms with van der Waals surface area (Å²) in [7, 11) is 0. The van der Waals surface area contributed by atoms with E-state index in [-0.39, 0.29) is 37.3 Å². The van der Waals surface area contributed by atoms with Crippen molar-refractivity contribution in [2.45, 2.75) is 25.9 Å². The highest BCUT2D eigenvalue weighted by Crippen LogP contribution is 2.32. The Bertz CT molecular complexity index is 1180. The van der Waals surface area contributed by atoms with Gasteiger partial charge in [0.05, 0.1) is 21.8 Å². The van der Waals surface area contributed by atoms with Gasteiger partial charge in [0.1, 0.15) is 11.5 Å². The number of imidazole rings is 1. The number of benzene rings is 2. The normalized spacial score (nSPS) is 14.4. The summed E-state index contributed by atoms with van der Waals surface area (Å²) in [5.41, 5.74) is 2.15. The molecule has 1 atom stereocenters. The lowest BCUT2D eigenvalue weighted by Crippen LogP contribution is -2.50. The Morgan fingerprint density at radius 2 is 1.74 bits per heavy atom. The molecule has 2 heterocycles. The molecule has 0 bridgehead atoms. The van der Waals surface area contributed by atoms with Gasteiger partial charge in [-0.2, -0.15) is 0 Å². The Labute approximate surface area is 250 Å². The molecule has 1 aliphatic heterocycles. The smallest absolute Gasteiger partial charge is 0.271 e. The molecule has 1 saturated heterocycles. The Morgan fingerprint density at radius 1 is 1.05 bits per heavy atom. The van der Waals surface area contributed by atoms with E-state index in [0.717, 1.165) is 56.2 Å². The van der Waals surface area contributed by atoms with Crippen LogP contribution in [0.1, 0.15) is 29.7 Å². The number of anilines is 1. The maximum atomic E-state index is 12.8. The fourth-order valence-corrected chi connectivity index (χ4v) is 4.87. The molecule has 1 unspecified atom stereocenters. The molecule has 0 radical (unpaired) electrons. The van der Waals surface area contributed by atoms with Gasteiger partial charge >= 0.3 is 0 Å². The van der Waals surface area contributed by atoms with Gasteiger partial charge in [0.25, 0.3) is 5.91 Å². The lowest BCUT2D eigenvalue weighted by atomic mass is 10.2. The fourth-order valence-electron chi connectivity index (χ4n) is 4.32. The fraction of sp³-hybridized carbons (Fsp3) is 0.385. The molecule has 1 amide bonds. The van der Waals surface area contributed by atoms with Crippen molar-refractivity contribution < 1.29 is 9.90 Å². The highest BCUT2D eigenvalue weighted by Gasteiger charge is 2.22. The van der Waals surface area contributed by atoms with E-state index in [0.29, 0.717) is 27.3 Å². The first-order chi connectivity index (χ1) is 17.4. The van der Waals surface area contributed by atoms with Crippen LogP contribution in [0.4, 0.5) is 5.69 Å². The zero-order chi connectivity index (χ0) is 25.7. The Hall–Kier alpha value is -1.71. The molecular formula is C26H32Cl5N5O2. The van der Waals surface area contributed by atoms with Crippen LogP contribution < -0.4 is 10.2 Å². The molecule has 1 aromatic heterocycles. The number of carbonyl (C=O) groups is 1. The minimum atomic E-state index is -0.691. The minimum Gasteiger partial charge on any atom is -0.390 e. The van der Waals surface area contributed by atoms with E-state index in [1.807, 2.05) is 41.0 Å². The molecule has 7 nitrogen and oxygen atoms in total. The number of carbonyl (C=O) groups excluding carboxylic acids is 1. The lowest BCUT2D eigenvalue weighted by molar-refractivity contribution is 0.0848. The average molecular weight is 624 g/mol. The number of nitrogens with one attached hydrogen (secondary N) is 1. The number of aliphatic hydroxyl groups is 1. The minimum absolute atomic E-state index is 0. The molecule has 38 heavy (non-hydrogen) atoms. The average Bonchev–Trinajstić information content (AvgIpc) is 3.29. The number of aryl methyl sites for hydroxylation is 1. The van der Waals surface area contributed by atoms with Crippen LogP contribution >= 0.6 is 59.6 Å². The molecule has 3 aromatic rings. The van der Waals surface area contributed by atoms with Crippen LogP contribution in [0, 0.1) is 0 Å². The highest BCUT2D eigenvalue weighted by atomic mass is 35.5. The lowest BCUT2D eigenvalue weighted by Gasteiger charge is -2.37. The summed E-state index contributed by atoms with van der Waals surface area (Å²) in [6, 6.07) is 13.1. The van der Waals surface area contributed by atoms with E-state index in [9.17, 15) is 9.90 Å². The second kappa shape index (κ2) is 15.2. The van der Waals surface area contributed by atoms with Gasteiger partial charge in [0, 0.05) is 62.6 Å². The summed E-state index contributed by atoms with van der Waals surface area (Å²) in [6.45, 7) is 5.80. The van der Waals surface area contributed by atoms with E-state index in [1.165, 1.54) is 0 Å². The van der Waals surface area contributed by atoms with E-state index in [1.54, 1.807) is 12.3 Å². The van der Waals surface area contributed by atoms with Crippen molar-refractivity contribution in [1.29, 1.82) is 0 Å². The van der Waals surface area contributed by atoms with Crippen molar-refractivity contribution in [2.75, 3.05) is 44.2 Å². The van der Waals surface area contributed by atoms with Crippen LogP contribution in [0.25, 0.3) is 5.69 Å². The van der Waals surface area contributed by atoms with Crippen LogP contribution in [0.3, 0.4) is 0 Å². The van der Waals surface area contributed by atoms with Gasteiger partial charge in [-0.15, -0.1) is 24.8 Å². The molecule has 0 saturated carbocycles. The molecule has 4 rings (SSSR count). The molecular weight excluding hydrogens is 592 g/mol. The molecule has 0 aliphatic carbocycles. The second-order valence-electron chi connectivity index (χ2n) is 8.86. The van der Waals surface area contributed by atoms with Crippen LogP contribution in [0.15, 0.2) is 48.7 Å². The van der Waals surface area contributed by atoms with Crippen LogP contribution in [0.2, 0.25) is 15.1 Å². The van der Waals surface area contributed by atoms with Gasteiger partial charge in [-0.25, -0.2) is 4.98 Å². The topological polar surface area (TPSA) is 73.6 Å². The third-order valence-corrected chi connectivity index (χ3v) is 7.26. The molecule has 208 valence electrons. The second-order valence-corrected chi connectivity index (χ2v) is 10.1. The van der Waals surface area contributed by atoms with Crippen molar-refractivity contribution in [3.63, 3.8) is 0 Å². The third-order valence-electron chi connectivity index (χ3n) is 6.20. The van der Waals surface area contributed by atoms with E-state index < -0.39 is 6.10 Å². The zero-order valence-corrected chi connectivity index (χ0v) is 24.8. The van der Waals surface area contributed by atoms with E-state index >= 15 is 0 Å². The van der Waals surface area contributed by atoms with Crippen molar-refractivity contribution in [3.05, 3.63) is 75.2 Å². The maximum Gasteiger partial charge on any atom is 0.271 e. The van der Waals surface area contributed by atoms with Crippen LogP contribution in [-0.2, 0) is 6.42 Å². The van der Waals surface area contributed by atoms with Crippen LogP contribution in [0.5, 0.6) is 0 Å². The number of rotatable bonds is 9. The zero-order valence-electron chi connectivity index (χ0n) is 20.9. The molecule has 1 fully saturated rings. The largest absolute Gasteiger partial charge is 0.390 e. The third kappa shape index (κ3) is 8.15. The van der Waals surface area contributed by atoms with Gasteiger partial charge < -0.3 is 19.9 Å². The SMILES string of the molecule is CCCc1nc(C(=O)NCC(O)CN2CCN(c3cccc(Cl)c3Cl)CC2)cn1-c1ccc(Cl)cc1.Cl.Cl. The summed E-state index contributed by atoms with van der Waals surface area (Å²) in [5, 5.41) is 15.1. The highest BCUT2D eigenvalue weighted by molar-refractivity contribution is 6.43. The molecule has 0 spiro atoms. The summed E-state index contributed by atoms with van der Waals surface area (Å²) < 4.78 is 1.91. The number of hydrogen-bond acceptors (Lipinski definition) is 5. The number of amides is 1. The number of hydrogen-bond donors (Lipinski definition) is 2. The predicted molar refractivity (Wildman–Crippen MR) is 161 cm³/mol. The number of piperazine rings is 1. The van der Waals surface area contributed by atoms with E-state index in [4.69, 9.17) is 34.8 Å². The number of halogens is 5. The Balaban J connectivity index is 0.00000253. The van der Waals surface area contributed by atoms with Crippen molar-refractivity contribution in [1.82, 2.24) is 19.8 Å². The Morgan fingerprint density at radius 3 is 2.39 bits per heavy atom. The monoisotopic (exact) mass is 621 g/mol. The number of nitrogens with zero attached hydrogens (tertiary/aromatic N) is 4. The number of aromatic nitrogens is 2. The van der Waals surface area contributed by atoms with E-state index in [2.05, 4.69) is 27.0 Å². The van der Waals surface area contributed by atoms with Crippen molar-refractivity contribution >= 4 is 71.2 Å². The first kappa shape index (κ1) is 32.5. The maximum absolute atomic E-state index is 12.8. The molecule has 1 aliphatic rings. The standard InChI is InChI=1S/C26H30Cl3N5O2.2ClH/c1-2-4-24-31-22(17-34(24)19-9-7-18(27)8-10-19)26(36)30-15-20(35)16-32-11-13-33(14-12-32)23-6-3-5-21(28)25(23)29;;/h3,5-10,17,20,35H,2,4,11-16H2,1H3,(H,30,36);2*1H. The number of aliphatic hydroxyl groups excluding tert-OH is 1. The first-order valence-corrected chi connectivity index (χ1v) is 13.2. The van der Waals surface area contributed by atoms with Crippen molar-refractivity contribution in [2.24, 2.45) is 0 Å². The van der Waals surface area contributed by atoms with Gasteiger partial charge in [-0.05, 0) is 42.8 Å². The van der Waals surface area contributed by atoms with Gasteiger partial charge in [0.15, 0.2) is 0 Å². The summed E-state index contributed by atoms with van der Waals surface area (Å²) in [6.07, 6.45) is 2.69. The first-order valence-electron chi connectivity index (χ1n) is 12.1. The van der Waals surface area contributed by atoms with Gasteiger partial charge in [-0.1, -0.05) is 47.8 Å². The van der Waals surface area contributed by atoms with Gasteiger partial charge in [-0.3, -0.25) is 9.69 Å². The Kier molecular flexibility index (Phi) is 13.0. The molecule has 12 heteroatoms. The quantitative estimate of drug-likeness (QED) is 0.328. The summed E-state index contributed by atoms with van der Waals surface area (Å²) in [4.78, 5) is 21.7. The predicted octanol–water partition coefficient (Wildman–Crippen LogP) is 5.54. The van der Waals surface area contributed by atoms with Crippen molar-refractivity contribution in [3.8, 4) is 5.69 Å². The summed E-state index contributed by atoms with van der Waals surface area (Å²) in [5.74, 6) is 0.503. The molecule has 2 aromatic carbocycles. The number of β-amino-alcohol motifs (C(OH)–C–C–N with tert-alkyl or cyclic N) is 1. The van der Waals surface area contributed by atoms with Crippen LogP contribution in [-0.4, -0.2) is 70.8 Å². The summed E-state index contributed by atoms with van der Waals surface area (Å²) >= 11 is 18.5. The molecule has 2 N–H and O–H groups in total.